The Balaban J connectivity index is 1.37. The zero-order chi connectivity index (χ0) is 21.8. The van der Waals surface area contributed by atoms with Crippen molar-refractivity contribution < 1.29 is 0 Å². The summed E-state index contributed by atoms with van der Waals surface area (Å²) in [4.78, 5) is 0. The van der Waals surface area contributed by atoms with E-state index in [2.05, 4.69) is 48.9 Å². The Morgan fingerprint density at radius 1 is 1.00 bits per heavy atom. The van der Waals surface area contributed by atoms with Crippen LogP contribution in [-0.4, -0.2) is 24.7 Å². The summed E-state index contributed by atoms with van der Waals surface area (Å²) in [5.41, 5.74) is 2.88. The van der Waals surface area contributed by atoms with Crippen molar-refractivity contribution in [2.24, 2.45) is 0 Å². The van der Waals surface area contributed by atoms with Crippen molar-refractivity contribution in [3.05, 3.63) is 92.8 Å². The van der Waals surface area contributed by atoms with Crippen LogP contribution in [0.5, 0.6) is 0 Å². The first-order valence-corrected chi connectivity index (χ1v) is 11.2. The maximum Gasteiger partial charge on any atom is 0.176 e. The van der Waals surface area contributed by atoms with E-state index in [-0.39, 0.29) is 0 Å². The van der Waals surface area contributed by atoms with Gasteiger partial charge in [-0.2, -0.15) is 10.2 Å². The van der Waals surface area contributed by atoms with Gasteiger partial charge in [-0.25, -0.2) is 0 Å². The SMILES string of the molecule is S=C(Nc1cnn(Cc2ccccc2)c1)Nc1nn(Cc2ccc(Cl)cc2Cl)cc1Br. The molecule has 4 aromatic rings. The zero-order valence-electron chi connectivity index (χ0n) is 16.1. The molecule has 0 radical (unpaired) electrons. The molecule has 158 valence electrons. The predicted octanol–water partition coefficient (Wildman–Crippen LogP) is 6.05. The van der Waals surface area contributed by atoms with Crippen LogP contribution in [-0.2, 0) is 13.1 Å². The van der Waals surface area contributed by atoms with E-state index in [9.17, 15) is 0 Å². The minimum absolute atomic E-state index is 0.412. The number of hydrogen-bond donors (Lipinski definition) is 2. The molecule has 6 nitrogen and oxygen atoms in total. The van der Waals surface area contributed by atoms with Crippen molar-refractivity contribution >= 4 is 68.0 Å². The molecule has 0 spiro atoms. The number of aromatic nitrogens is 4. The number of nitrogens with one attached hydrogen (secondary N) is 2. The molecule has 0 aliphatic heterocycles. The van der Waals surface area contributed by atoms with E-state index in [1.165, 1.54) is 5.56 Å². The van der Waals surface area contributed by atoms with E-state index >= 15 is 0 Å². The fourth-order valence-electron chi connectivity index (χ4n) is 2.94. The van der Waals surface area contributed by atoms with Crippen LogP contribution in [0.15, 0.2) is 71.6 Å². The average molecular weight is 536 g/mol. The third-order valence-electron chi connectivity index (χ3n) is 4.37. The molecule has 0 saturated carbocycles. The van der Waals surface area contributed by atoms with Crippen LogP contribution in [0.3, 0.4) is 0 Å². The summed E-state index contributed by atoms with van der Waals surface area (Å²) in [6.07, 6.45) is 5.48. The van der Waals surface area contributed by atoms with E-state index in [1.807, 2.05) is 41.3 Å². The molecule has 0 bridgehead atoms. The largest absolute Gasteiger partial charge is 0.330 e. The highest BCUT2D eigenvalue weighted by Crippen LogP contribution is 2.24. The van der Waals surface area contributed by atoms with Gasteiger partial charge in [0.2, 0.25) is 0 Å². The van der Waals surface area contributed by atoms with Crippen LogP contribution in [0.1, 0.15) is 11.1 Å². The van der Waals surface area contributed by atoms with Gasteiger partial charge in [0.15, 0.2) is 10.9 Å². The first kappa shape index (κ1) is 21.8. The van der Waals surface area contributed by atoms with Crippen molar-refractivity contribution in [3.63, 3.8) is 0 Å². The zero-order valence-corrected chi connectivity index (χ0v) is 20.0. The summed E-state index contributed by atoms with van der Waals surface area (Å²) in [6, 6.07) is 15.5. The van der Waals surface area contributed by atoms with E-state index in [1.54, 1.807) is 23.0 Å². The Morgan fingerprint density at radius 2 is 1.81 bits per heavy atom. The Bertz CT molecular complexity index is 1210. The second-order valence-corrected chi connectivity index (χ2v) is 8.86. The molecule has 10 heteroatoms. The Hall–Kier alpha value is -2.39. The lowest BCUT2D eigenvalue weighted by Crippen LogP contribution is -2.19. The molecule has 0 atom stereocenters. The minimum atomic E-state index is 0.412. The molecule has 31 heavy (non-hydrogen) atoms. The fraction of sp³-hybridized carbons (Fsp3) is 0.0952. The molecule has 0 amide bonds. The van der Waals surface area contributed by atoms with Crippen molar-refractivity contribution in [3.8, 4) is 0 Å². The van der Waals surface area contributed by atoms with Crippen molar-refractivity contribution in [2.45, 2.75) is 13.1 Å². The van der Waals surface area contributed by atoms with Gasteiger partial charge in [-0.05, 0) is 51.4 Å². The van der Waals surface area contributed by atoms with E-state index in [0.29, 0.717) is 34.1 Å². The second-order valence-electron chi connectivity index (χ2n) is 6.75. The third kappa shape index (κ3) is 5.86. The van der Waals surface area contributed by atoms with Gasteiger partial charge in [0.25, 0.3) is 0 Å². The van der Waals surface area contributed by atoms with E-state index < -0.39 is 0 Å². The molecule has 2 aromatic carbocycles. The van der Waals surface area contributed by atoms with E-state index in [4.69, 9.17) is 35.4 Å². The summed E-state index contributed by atoms with van der Waals surface area (Å²) >= 11 is 21.2. The standard InChI is InChI=1S/C21H17BrCl2N6S/c22-18-13-30(11-15-6-7-16(23)8-19(15)24)28-20(18)27-21(31)26-17-9-25-29(12-17)10-14-4-2-1-3-5-14/h1-9,12-13H,10-11H2,(H2,26,27,28,31). The molecule has 0 aliphatic carbocycles. The van der Waals surface area contributed by atoms with Gasteiger partial charge in [-0.1, -0.05) is 59.6 Å². The highest BCUT2D eigenvalue weighted by Gasteiger charge is 2.11. The molecule has 2 heterocycles. The van der Waals surface area contributed by atoms with Gasteiger partial charge in [-0.3, -0.25) is 9.36 Å². The number of halogens is 3. The predicted molar refractivity (Wildman–Crippen MR) is 133 cm³/mol. The summed E-state index contributed by atoms with van der Waals surface area (Å²) < 4.78 is 4.39. The summed E-state index contributed by atoms with van der Waals surface area (Å²) in [5, 5.41) is 16.7. The third-order valence-corrected chi connectivity index (χ3v) is 5.75. The first-order chi connectivity index (χ1) is 15.0. The smallest absolute Gasteiger partial charge is 0.176 e. The molecule has 2 N–H and O–H groups in total. The Labute approximate surface area is 203 Å². The monoisotopic (exact) mass is 534 g/mol. The topological polar surface area (TPSA) is 59.7 Å². The van der Waals surface area contributed by atoms with Gasteiger partial charge in [0.05, 0.1) is 29.4 Å². The van der Waals surface area contributed by atoms with Crippen LogP contribution in [0, 0.1) is 0 Å². The van der Waals surface area contributed by atoms with Crippen molar-refractivity contribution in [2.75, 3.05) is 10.6 Å². The van der Waals surface area contributed by atoms with Crippen molar-refractivity contribution in [1.29, 1.82) is 0 Å². The average Bonchev–Trinajstić information content (AvgIpc) is 3.30. The highest BCUT2D eigenvalue weighted by molar-refractivity contribution is 9.10. The lowest BCUT2D eigenvalue weighted by atomic mass is 10.2. The minimum Gasteiger partial charge on any atom is -0.330 e. The maximum absolute atomic E-state index is 6.26. The number of hydrogen-bond acceptors (Lipinski definition) is 3. The fourth-order valence-corrected chi connectivity index (χ4v) is 4.04. The molecule has 4 rings (SSSR count). The molecular weight excluding hydrogens is 519 g/mol. The van der Waals surface area contributed by atoms with Crippen molar-refractivity contribution in [1.82, 2.24) is 19.6 Å². The van der Waals surface area contributed by atoms with Gasteiger partial charge < -0.3 is 10.6 Å². The van der Waals surface area contributed by atoms with Gasteiger partial charge in [0, 0.05) is 22.4 Å². The van der Waals surface area contributed by atoms with Gasteiger partial charge in [-0.15, -0.1) is 0 Å². The second kappa shape index (κ2) is 9.82. The van der Waals surface area contributed by atoms with Crippen LogP contribution in [0.4, 0.5) is 11.5 Å². The summed E-state index contributed by atoms with van der Waals surface area (Å²) in [6.45, 7) is 1.19. The van der Waals surface area contributed by atoms with Crippen LogP contribution < -0.4 is 10.6 Å². The number of anilines is 2. The first-order valence-electron chi connectivity index (χ1n) is 9.27. The highest BCUT2D eigenvalue weighted by atomic mass is 79.9. The number of nitrogens with zero attached hydrogens (tertiary/aromatic N) is 4. The van der Waals surface area contributed by atoms with Crippen LogP contribution in [0.2, 0.25) is 10.0 Å². The lowest BCUT2D eigenvalue weighted by molar-refractivity contribution is 0.687. The number of benzene rings is 2. The summed E-state index contributed by atoms with van der Waals surface area (Å²) in [5.74, 6) is 0.597. The quantitative estimate of drug-likeness (QED) is 0.294. The molecular formula is C21H17BrCl2N6S. The number of rotatable bonds is 6. The maximum atomic E-state index is 6.26. The van der Waals surface area contributed by atoms with Gasteiger partial charge in [0.1, 0.15) is 0 Å². The lowest BCUT2D eigenvalue weighted by Gasteiger charge is -2.07. The molecule has 0 aliphatic rings. The molecule has 0 fully saturated rings. The normalized spacial score (nSPS) is 10.8. The van der Waals surface area contributed by atoms with Crippen LogP contribution >= 0.6 is 51.3 Å². The molecule has 0 unspecified atom stereocenters. The summed E-state index contributed by atoms with van der Waals surface area (Å²) in [7, 11) is 0. The van der Waals surface area contributed by atoms with Gasteiger partial charge >= 0.3 is 0 Å². The molecule has 2 aromatic heterocycles. The van der Waals surface area contributed by atoms with Crippen LogP contribution in [0.25, 0.3) is 0 Å². The molecule has 0 saturated heterocycles. The number of thiocarbonyl (C=S) groups is 1. The Morgan fingerprint density at radius 3 is 2.58 bits per heavy atom. The Kier molecular flexibility index (Phi) is 6.92. The van der Waals surface area contributed by atoms with E-state index in [0.717, 1.165) is 15.7 Å².